The van der Waals surface area contributed by atoms with E-state index >= 15 is 0 Å². The van der Waals surface area contributed by atoms with Crippen molar-refractivity contribution in [1.29, 1.82) is 0 Å². The Kier molecular flexibility index (Phi) is 6.01. The van der Waals surface area contributed by atoms with E-state index < -0.39 is 6.61 Å². The van der Waals surface area contributed by atoms with Crippen LogP contribution in [0.4, 0.5) is 8.78 Å². The van der Waals surface area contributed by atoms with E-state index in [0.717, 1.165) is 12.1 Å². The molecule has 0 bridgehead atoms. The van der Waals surface area contributed by atoms with E-state index in [1.165, 1.54) is 0 Å². The highest BCUT2D eigenvalue weighted by atomic mass is 19.3. The van der Waals surface area contributed by atoms with Gasteiger partial charge in [0.1, 0.15) is 5.75 Å². The fraction of sp³-hybridized carbons (Fsp3) is 0.538. The van der Waals surface area contributed by atoms with E-state index in [0.29, 0.717) is 24.1 Å². The number of aryl methyl sites for hydroxylation is 2. The molecule has 0 saturated heterocycles. The van der Waals surface area contributed by atoms with Crippen molar-refractivity contribution in [2.75, 3.05) is 13.2 Å². The summed E-state index contributed by atoms with van der Waals surface area (Å²) < 4.78 is 28.9. The van der Waals surface area contributed by atoms with Crippen molar-refractivity contribution in [3.05, 3.63) is 28.8 Å². The van der Waals surface area contributed by atoms with Crippen LogP contribution in [0.25, 0.3) is 0 Å². The van der Waals surface area contributed by atoms with Crippen LogP contribution in [0.15, 0.2) is 12.1 Å². The number of rotatable bonds is 7. The van der Waals surface area contributed by atoms with Gasteiger partial charge in [-0.15, -0.1) is 0 Å². The number of aliphatic hydroxyl groups excluding tert-OH is 1. The SMILES string of the molecule is Cc1cc(CNCCCO)cc(C)c1OC(F)F. The number of hydrogen-bond donors (Lipinski definition) is 2. The van der Waals surface area contributed by atoms with Gasteiger partial charge in [-0.3, -0.25) is 0 Å². The van der Waals surface area contributed by atoms with Crippen LogP contribution in [-0.4, -0.2) is 24.9 Å². The first-order valence-electron chi connectivity index (χ1n) is 5.91. The van der Waals surface area contributed by atoms with Crippen molar-refractivity contribution < 1.29 is 18.6 Å². The Morgan fingerprint density at radius 3 is 2.39 bits per heavy atom. The minimum absolute atomic E-state index is 0.159. The summed E-state index contributed by atoms with van der Waals surface area (Å²) in [7, 11) is 0. The maximum atomic E-state index is 12.2. The van der Waals surface area contributed by atoms with E-state index in [9.17, 15) is 8.78 Å². The van der Waals surface area contributed by atoms with Gasteiger partial charge in [0.05, 0.1) is 0 Å². The van der Waals surface area contributed by atoms with Gasteiger partial charge in [-0.1, -0.05) is 12.1 Å². The summed E-state index contributed by atoms with van der Waals surface area (Å²) in [5.74, 6) is 0.254. The number of alkyl halides is 2. The highest BCUT2D eigenvalue weighted by Gasteiger charge is 2.11. The summed E-state index contributed by atoms with van der Waals surface area (Å²) in [4.78, 5) is 0. The third-order valence-electron chi connectivity index (χ3n) is 2.57. The van der Waals surface area contributed by atoms with Crippen molar-refractivity contribution >= 4 is 0 Å². The molecule has 18 heavy (non-hydrogen) atoms. The normalized spacial score (nSPS) is 11.0. The summed E-state index contributed by atoms with van der Waals surface area (Å²) >= 11 is 0. The Balaban J connectivity index is 2.67. The second-order valence-electron chi connectivity index (χ2n) is 4.19. The lowest BCUT2D eigenvalue weighted by Gasteiger charge is -2.13. The highest BCUT2D eigenvalue weighted by molar-refractivity contribution is 5.43. The zero-order valence-corrected chi connectivity index (χ0v) is 10.7. The van der Waals surface area contributed by atoms with Gasteiger partial charge in [0.15, 0.2) is 0 Å². The molecule has 102 valence electrons. The van der Waals surface area contributed by atoms with Gasteiger partial charge in [-0.25, -0.2) is 0 Å². The Hall–Kier alpha value is -1.20. The molecular formula is C13H19F2NO2. The largest absolute Gasteiger partial charge is 0.434 e. The topological polar surface area (TPSA) is 41.5 Å². The molecule has 0 heterocycles. The van der Waals surface area contributed by atoms with Crippen molar-refractivity contribution in [2.24, 2.45) is 0 Å². The Morgan fingerprint density at radius 2 is 1.89 bits per heavy atom. The molecule has 0 radical (unpaired) electrons. The molecule has 2 N–H and O–H groups in total. The number of aliphatic hydroxyl groups is 1. The Morgan fingerprint density at radius 1 is 1.28 bits per heavy atom. The lowest BCUT2D eigenvalue weighted by molar-refractivity contribution is -0.0507. The molecule has 1 aromatic rings. The molecule has 0 aliphatic carbocycles. The Bertz CT molecular complexity index is 360. The molecule has 0 unspecified atom stereocenters. The smallest absolute Gasteiger partial charge is 0.387 e. The average Bonchev–Trinajstić information content (AvgIpc) is 2.29. The first kappa shape index (κ1) is 14.9. The predicted octanol–water partition coefficient (Wildman–Crippen LogP) is 2.38. The average molecular weight is 259 g/mol. The molecule has 0 aromatic heterocycles. The summed E-state index contributed by atoms with van der Waals surface area (Å²) in [5, 5.41) is 11.8. The molecule has 5 heteroatoms. The van der Waals surface area contributed by atoms with E-state index in [4.69, 9.17) is 5.11 Å². The number of hydrogen-bond acceptors (Lipinski definition) is 3. The van der Waals surface area contributed by atoms with E-state index in [2.05, 4.69) is 10.1 Å². The van der Waals surface area contributed by atoms with Gasteiger partial charge in [0.2, 0.25) is 0 Å². The minimum Gasteiger partial charge on any atom is -0.434 e. The molecule has 1 aromatic carbocycles. The van der Waals surface area contributed by atoms with Crippen LogP contribution < -0.4 is 10.1 Å². The van der Waals surface area contributed by atoms with Crippen LogP contribution in [0.1, 0.15) is 23.1 Å². The monoisotopic (exact) mass is 259 g/mol. The van der Waals surface area contributed by atoms with E-state index in [-0.39, 0.29) is 12.4 Å². The molecule has 0 fully saturated rings. The van der Waals surface area contributed by atoms with Gasteiger partial charge in [0.25, 0.3) is 0 Å². The maximum Gasteiger partial charge on any atom is 0.387 e. The molecule has 0 saturated carbocycles. The number of benzene rings is 1. The van der Waals surface area contributed by atoms with Gasteiger partial charge < -0.3 is 15.2 Å². The van der Waals surface area contributed by atoms with Gasteiger partial charge >= 0.3 is 6.61 Å². The summed E-state index contributed by atoms with van der Waals surface area (Å²) in [6, 6.07) is 3.66. The fourth-order valence-electron chi connectivity index (χ4n) is 1.85. The second kappa shape index (κ2) is 7.28. The molecule has 0 atom stereocenters. The Labute approximate surface area is 106 Å². The first-order valence-corrected chi connectivity index (χ1v) is 5.91. The molecule has 0 aliphatic rings. The number of nitrogens with one attached hydrogen (secondary N) is 1. The summed E-state index contributed by atoms with van der Waals surface area (Å²) in [6.07, 6.45) is 0.699. The molecule has 3 nitrogen and oxygen atoms in total. The van der Waals surface area contributed by atoms with Gasteiger partial charge in [-0.2, -0.15) is 8.78 Å². The lowest BCUT2D eigenvalue weighted by atomic mass is 10.1. The van der Waals surface area contributed by atoms with Crippen LogP contribution >= 0.6 is 0 Å². The zero-order valence-electron chi connectivity index (χ0n) is 10.7. The maximum absolute atomic E-state index is 12.2. The summed E-state index contributed by atoms with van der Waals surface area (Å²) in [6.45, 7) is 2.24. The van der Waals surface area contributed by atoms with Crippen molar-refractivity contribution in [2.45, 2.75) is 33.4 Å². The van der Waals surface area contributed by atoms with Crippen LogP contribution in [0.5, 0.6) is 5.75 Å². The van der Waals surface area contributed by atoms with E-state index in [1.807, 2.05) is 12.1 Å². The quantitative estimate of drug-likeness (QED) is 0.739. The second-order valence-corrected chi connectivity index (χ2v) is 4.19. The van der Waals surface area contributed by atoms with Crippen LogP contribution in [0.3, 0.4) is 0 Å². The molecular weight excluding hydrogens is 240 g/mol. The highest BCUT2D eigenvalue weighted by Crippen LogP contribution is 2.26. The molecule has 0 spiro atoms. The zero-order chi connectivity index (χ0) is 13.5. The third-order valence-corrected chi connectivity index (χ3v) is 2.57. The summed E-state index contributed by atoms with van der Waals surface area (Å²) in [5.41, 5.74) is 2.42. The predicted molar refractivity (Wildman–Crippen MR) is 66.0 cm³/mol. The standard InChI is InChI=1S/C13H19F2NO2/c1-9-6-11(8-16-4-3-5-17)7-10(2)12(9)18-13(14)15/h6-7,13,16-17H,3-5,8H2,1-2H3. The van der Waals surface area contributed by atoms with Crippen LogP contribution in [0.2, 0.25) is 0 Å². The van der Waals surface area contributed by atoms with Gasteiger partial charge in [-0.05, 0) is 43.5 Å². The van der Waals surface area contributed by atoms with Crippen LogP contribution in [0, 0.1) is 13.8 Å². The van der Waals surface area contributed by atoms with Crippen molar-refractivity contribution in [3.63, 3.8) is 0 Å². The third kappa shape index (κ3) is 4.58. The van der Waals surface area contributed by atoms with Gasteiger partial charge in [0, 0.05) is 13.2 Å². The van der Waals surface area contributed by atoms with Crippen molar-refractivity contribution in [3.8, 4) is 5.75 Å². The van der Waals surface area contributed by atoms with Crippen LogP contribution in [-0.2, 0) is 6.54 Å². The number of ether oxygens (including phenoxy) is 1. The molecule has 0 aliphatic heterocycles. The first-order chi connectivity index (χ1) is 8.54. The minimum atomic E-state index is -2.80. The lowest BCUT2D eigenvalue weighted by Crippen LogP contribution is -2.16. The fourth-order valence-corrected chi connectivity index (χ4v) is 1.85. The number of halogens is 2. The molecule has 0 amide bonds. The van der Waals surface area contributed by atoms with Crippen molar-refractivity contribution in [1.82, 2.24) is 5.32 Å². The van der Waals surface area contributed by atoms with E-state index in [1.54, 1.807) is 13.8 Å². The molecule has 1 rings (SSSR count).